The summed E-state index contributed by atoms with van der Waals surface area (Å²) < 4.78 is 22.7. The van der Waals surface area contributed by atoms with Gasteiger partial charge in [-0.25, -0.2) is 9.55 Å². The summed E-state index contributed by atoms with van der Waals surface area (Å²) in [5, 5.41) is 0. The van der Waals surface area contributed by atoms with Gasteiger partial charge < -0.3 is 26.0 Å². The molecule has 0 bridgehead atoms. The van der Waals surface area contributed by atoms with Crippen LogP contribution in [0.25, 0.3) is 11.2 Å². The van der Waals surface area contributed by atoms with E-state index in [-0.39, 0.29) is 36.2 Å². The number of hydrogen-bond donors (Lipinski definition) is 5. The van der Waals surface area contributed by atoms with Crippen LogP contribution in [0.15, 0.2) is 11.1 Å². The highest BCUT2D eigenvalue weighted by molar-refractivity contribution is 7.46. The van der Waals surface area contributed by atoms with E-state index in [0.29, 0.717) is 6.42 Å². The molecule has 1 aliphatic heterocycles. The van der Waals surface area contributed by atoms with Gasteiger partial charge in [0.15, 0.2) is 11.2 Å². The summed E-state index contributed by atoms with van der Waals surface area (Å²) >= 11 is 0. The van der Waals surface area contributed by atoms with Gasteiger partial charge in [-0.1, -0.05) is 0 Å². The molecule has 7 N–H and O–H groups in total. The van der Waals surface area contributed by atoms with Gasteiger partial charge in [0.2, 0.25) is 5.95 Å². The summed E-state index contributed by atoms with van der Waals surface area (Å²) in [4.78, 5) is 39.8. The van der Waals surface area contributed by atoms with E-state index in [2.05, 4.69) is 19.5 Å². The molecule has 0 unspecified atom stereocenters. The van der Waals surface area contributed by atoms with Crippen LogP contribution < -0.4 is 17.0 Å². The zero-order chi connectivity index (χ0) is 17.5. The molecule has 2 aromatic rings. The molecule has 1 aliphatic rings. The van der Waals surface area contributed by atoms with Crippen molar-refractivity contribution in [2.45, 2.75) is 18.8 Å². The summed E-state index contributed by atoms with van der Waals surface area (Å²) in [5.74, 6) is -0.234. The van der Waals surface area contributed by atoms with Crippen molar-refractivity contribution in [3.05, 3.63) is 16.7 Å². The number of anilines is 1. The Morgan fingerprint density at radius 3 is 2.96 bits per heavy atom. The minimum Gasteiger partial charge on any atom is -0.369 e. The molecular weight excluding hydrogens is 343 g/mol. The summed E-state index contributed by atoms with van der Waals surface area (Å²) in [6.07, 6.45) is 0.689. The van der Waals surface area contributed by atoms with Crippen molar-refractivity contribution in [2.24, 2.45) is 11.7 Å². The lowest BCUT2D eigenvalue weighted by atomic mass is 10.0. The molecule has 3 rings (SSSR count). The normalized spacial score (nSPS) is 24.7. The van der Waals surface area contributed by atoms with Gasteiger partial charge >= 0.3 is 7.82 Å². The lowest BCUT2D eigenvalue weighted by molar-refractivity contribution is -0.0280. The van der Waals surface area contributed by atoms with Crippen LogP contribution in [-0.2, 0) is 13.8 Å². The highest BCUT2D eigenvalue weighted by Gasteiger charge is 2.37. The number of aromatic amines is 1. The zero-order valence-corrected chi connectivity index (χ0v) is 13.3. The number of fused-ring (bicyclic) bond motifs is 1. The molecule has 1 fully saturated rings. The Bertz CT molecular complexity index is 845. The largest absolute Gasteiger partial charge is 0.469 e. The fourth-order valence-electron chi connectivity index (χ4n) is 2.71. The van der Waals surface area contributed by atoms with Gasteiger partial charge in [-0.15, -0.1) is 0 Å². The first-order chi connectivity index (χ1) is 11.3. The van der Waals surface area contributed by atoms with Gasteiger partial charge in [0.05, 0.1) is 19.0 Å². The molecule has 0 amide bonds. The topological polar surface area (TPSA) is 192 Å². The van der Waals surface area contributed by atoms with Crippen molar-refractivity contribution in [3.8, 4) is 0 Å². The van der Waals surface area contributed by atoms with Crippen molar-refractivity contribution in [1.82, 2.24) is 19.5 Å². The molecule has 2 aromatic heterocycles. The Kier molecular flexibility index (Phi) is 4.42. The summed E-state index contributed by atoms with van der Waals surface area (Å²) in [7, 11) is -4.60. The van der Waals surface area contributed by atoms with Crippen molar-refractivity contribution < 1.29 is 23.6 Å². The Balaban J connectivity index is 1.86. The molecule has 3 heterocycles. The Hall–Kier alpha value is -1.82. The van der Waals surface area contributed by atoms with Crippen LogP contribution in [0.4, 0.5) is 5.95 Å². The molecule has 0 spiro atoms. The first kappa shape index (κ1) is 17.0. The first-order valence-corrected chi connectivity index (χ1v) is 8.59. The van der Waals surface area contributed by atoms with Crippen LogP contribution in [0.3, 0.4) is 0 Å². The van der Waals surface area contributed by atoms with E-state index in [4.69, 9.17) is 26.0 Å². The number of nitrogens with one attached hydrogen (secondary N) is 1. The SMILES string of the molecule is NC[C@H]1C[C@H](n2cnc3c(=O)[nH]c(N)nc32)O[C@@H]1COP(=O)(O)O. The number of nitrogens with zero attached hydrogens (tertiary/aromatic N) is 3. The summed E-state index contributed by atoms with van der Waals surface area (Å²) in [5.41, 5.74) is 11.2. The number of aromatic nitrogens is 4. The highest BCUT2D eigenvalue weighted by atomic mass is 31.2. The number of phosphoric acid groups is 1. The number of rotatable bonds is 5. The first-order valence-electron chi connectivity index (χ1n) is 7.06. The second-order valence-electron chi connectivity index (χ2n) is 5.42. The van der Waals surface area contributed by atoms with Crippen LogP contribution in [0.5, 0.6) is 0 Å². The maximum absolute atomic E-state index is 11.8. The lowest BCUT2D eigenvalue weighted by Crippen LogP contribution is -2.27. The predicted molar refractivity (Wildman–Crippen MR) is 81.6 cm³/mol. The summed E-state index contributed by atoms with van der Waals surface area (Å²) in [6, 6.07) is 0. The Labute approximate surface area is 135 Å². The van der Waals surface area contributed by atoms with Crippen molar-refractivity contribution >= 4 is 24.9 Å². The third-order valence-corrected chi connectivity index (χ3v) is 4.32. The lowest BCUT2D eigenvalue weighted by Gasteiger charge is -2.17. The number of nitrogen functional groups attached to an aromatic ring is 1. The third kappa shape index (κ3) is 3.34. The molecular formula is C11H17N6O6P. The average molecular weight is 360 g/mol. The third-order valence-electron chi connectivity index (χ3n) is 3.83. The fourth-order valence-corrected chi connectivity index (χ4v) is 3.05. The molecule has 1 saturated heterocycles. The quantitative estimate of drug-likeness (QED) is 0.399. The number of nitrogens with two attached hydrogens (primary N) is 2. The maximum Gasteiger partial charge on any atom is 0.469 e. The van der Waals surface area contributed by atoms with Crippen LogP contribution in [0, 0.1) is 5.92 Å². The van der Waals surface area contributed by atoms with Crippen LogP contribution >= 0.6 is 7.82 Å². The standard InChI is InChI=1S/C11H17N6O6P/c12-2-5-1-7(23-6(5)3-22-24(19,20)21)17-4-14-8-9(17)15-11(13)16-10(8)18/h4-7H,1-3,12H2,(H2,19,20,21)(H3,13,15,16,18)/t5-,6-,7-/m1/s1. The van der Waals surface area contributed by atoms with Gasteiger partial charge in [-0.3, -0.25) is 18.9 Å². The van der Waals surface area contributed by atoms with E-state index in [1.165, 1.54) is 6.33 Å². The molecule has 0 saturated carbocycles. The van der Waals surface area contributed by atoms with E-state index in [0.717, 1.165) is 0 Å². The van der Waals surface area contributed by atoms with Crippen LogP contribution in [-0.4, -0.2) is 48.6 Å². The minimum atomic E-state index is -4.60. The van der Waals surface area contributed by atoms with Crippen molar-refractivity contribution in [2.75, 3.05) is 18.9 Å². The molecule has 0 aliphatic carbocycles. The van der Waals surface area contributed by atoms with Crippen molar-refractivity contribution in [1.29, 1.82) is 0 Å². The molecule has 0 radical (unpaired) electrons. The molecule has 0 aromatic carbocycles. The maximum atomic E-state index is 11.8. The number of H-pyrrole nitrogens is 1. The number of phosphoric ester groups is 1. The van der Waals surface area contributed by atoms with Crippen LogP contribution in [0.1, 0.15) is 12.6 Å². The molecule has 3 atom stereocenters. The number of hydrogen-bond acceptors (Lipinski definition) is 8. The van der Waals surface area contributed by atoms with Crippen LogP contribution in [0.2, 0.25) is 0 Å². The van der Waals surface area contributed by atoms with E-state index in [1.807, 2.05) is 0 Å². The highest BCUT2D eigenvalue weighted by Crippen LogP contribution is 2.40. The van der Waals surface area contributed by atoms with Gasteiger partial charge in [0, 0.05) is 5.92 Å². The smallest absolute Gasteiger partial charge is 0.369 e. The average Bonchev–Trinajstić information content (AvgIpc) is 3.07. The van der Waals surface area contributed by atoms with Gasteiger partial charge in [-0.05, 0) is 13.0 Å². The van der Waals surface area contributed by atoms with E-state index in [1.54, 1.807) is 4.57 Å². The van der Waals surface area contributed by atoms with Gasteiger partial charge in [0.25, 0.3) is 5.56 Å². The second-order valence-corrected chi connectivity index (χ2v) is 6.66. The summed E-state index contributed by atoms with van der Waals surface area (Å²) in [6.45, 7) is -0.0557. The van der Waals surface area contributed by atoms with E-state index in [9.17, 15) is 9.36 Å². The second kappa shape index (κ2) is 6.24. The fraction of sp³-hybridized carbons (Fsp3) is 0.545. The monoisotopic (exact) mass is 360 g/mol. The molecule has 12 nitrogen and oxygen atoms in total. The Morgan fingerprint density at radius 2 is 2.29 bits per heavy atom. The van der Waals surface area contributed by atoms with E-state index < -0.39 is 25.7 Å². The zero-order valence-electron chi connectivity index (χ0n) is 12.4. The number of ether oxygens (including phenoxy) is 1. The van der Waals surface area contributed by atoms with Gasteiger partial charge in [-0.2, -0.15) is 4.98 Å². The van der Waals surface area contributed by atoms with E-state index >= 15 is 0 Å². The molecule has 13 heteroatoms. The van der Waals surface area contributed by atoms with Crippen molar-refractivity contribution in [3.63, 3.8) is 0 Å². The predicted octanol–water partition coefficient (Wildman–Crippen LogP) is -1.33. The molecule has 132 valence electrons. The Morgan fingerprint density at radius 1 is 1.54 bits per heavy atom. The molecule has 24 heavy (non-hydrogen) atoms. The number of imidazole rings is 1. The minimum absolute atomic E-state index is 0.0518. The van der Waals surface area contributed by atoms with Gasteiger partial charge in [0.1, 0.15) is 6.23 Å².